The Morgan fingerprint density at radius 1 is 0.678 bits per heavy atom. The van der Waals surface area contributed by atoms with Gasteiger partial charge in [0.05, 0.1) is 17.0 Å². The van der Waals surface area contributed by atoms with Crippen LogP contribution < -0.4 is 0 Å². The average molecular weight is 822 g/mol. The third-order valence-electron chi connectivity index (χ3n) is 10.3. The Balaban J connectivity index is 2.13. The van der Waals surface area contributed by atoms with Crippen LogP contribution in [-0.2, 0) is 57.1 Å². The summed E-state index contributed by atoms with van der Waals surface area (Å²) in [5.74, 6) is -9.04. The molecule has 0 radical (unpaired) electrons. The fraction of sp³-hybridized carbons (Fsp3) is 0.488. The second-order valence-corrected chi connectivity index (χ2v) is 15.6. The van der Waals surface area contributed by atoms with Crippen molar-refractivity contribution in [2.75, 3.05) is 0 Å². The molecule has 0 spiro atoms. The third kappa shape index (κ3) is 10.6. The molecule has 1 heterocycles. The lowest BCUT2D eigenvalue weighted by Crippen LogP contribution is -2.60. The molecule has 4 rings (SSSR count). The predicted molar refractivity (Wildman–Crippen MR) is 206 cm³/mol. The second-order valence-electron chi connectivity index (χ2n) is 15.6. The zero-order valence-electron chi connectivity index (χ0n) is 34.5. The minimum atomic E-state index is -2.42. The third-order valence-corrected chi connectivity index (χ3v) is 10.3. The number of aliphatic hydroxyl groups is 1. The topological polar surface area (TPSA) is 217 Å². The number of rotatable bonds is 9. The van der Waals surface area contributed by atoms with Crippen LogP contribution in [0.25, 0.3) is 0 Å². The van der Waals surface area contributed by atoms with Crippen molar-refractivity contribution in [3.63, 3.8) is 0 Å². The number of carbonyl (C=O) groups excluding carboxylic acids is 7. The van der Waals surface area contributed by atoms with Crippen LogP contribution in [0.15, 0.2) is 79.2 Å². The summed E-state index contributed by atoms with van der Waals surface area (Å²) in [4.78, 5) is 96.6. The van der Waals surface area contributed by atoms with Crippen LogP contribution in [0.4, 0.5) is 0 Å². The Morgan fingerprint density at radius 2 is 1.22 bits per heavy atom. The molecule has 0 bridgehead atoms. The quantitative estimate of drug-likeness (QED) is 0.210. The van der Waals surface area contributed by atoms with Crippen LogP contribution in [0.1, 0.15) is 89.5 Å². The molecule has 16 heteroatoms. The molecule has 2 aliphatic carbocycles. The fourth-order valence-electron chi connectivity index (χ4n) is 7.99. The zero-order valence-corrected chi connectivity index (χ0v) is 34.5. The maximum absolute atomic E-state index is 13.9. The van der Waals surface area contributed by atoms with Crippen LogP contribution in [0, 0.1) is 17.3 Å². The monoisotopic (exact) mass is 821 g/mol. The van der Waals surface area contributed by atoms with E-state index in [1.807, 2.05) is 0 Å². The largest absolute Gasteiger partial charge is 0.459 e. The maximum atomic E-state index is 13.9. The summed E-state index contributed by atoms with van der Waals surface area (Å²) in [6.07, 6.45) is -4.99. The summed E-state index contributed by atoms with van der Waals surface area (Å²) in [6.45, 7) is 15.8. The van der Waals surface area contributed by atoms with E-state index in [9.17, 15) is 38.7 Å². The van der Waals surface area contributed by atoms with Gasteiger partial charge in [-0.15, -0.1) is 0 Å². The van der Waals surface area contributed by atoms with E-state index in [2.05, 4.69) is 11.6 Å². The van der Waals surface area contributed by atoms with Crippen molar-refractivity contribution in [2.24, 2.45) is 17.3 Å². The van der Waals surface area contributed by atoms with Crippen molar-refractivity contribution in [1.82, 2.24) is 4.98 Å². The highest BCUT2D eigenvalue weighted by Crippen LogP contribution is 2.54. The molecule has 2 aromatic rings. The summed E-state index contributed by atoms with van der Waals surface area (Å²) in [5, 5.41) is 13.3. The van der Waals surface area contributed by atoms with E-state index in [1.54, 1.807) is 51.1 Å². The lowest BCUT2D eigenvalue weighted by molar-refractivity contribution is -0.195. The summed E-state index contributed by atoms with van der Waals surface area (Å²) in [5.41, 5.74) is -5.96. The summed E-state index contributed by atoms with van der Waals surface area (Å²) >= 11 is 0. The van der Waals surface area contributed by atoms with E-state index in [-0.39, 0.29) is 16.7 Å². The summed E-state index contributed by atoms with van der Waals surface area (Å²) < 4.78 is 41.7. The molecule has 10 atom stereocenters. The van der Waals surface area contributed by atoms with E-state index in [0.29, 0.717) is 0 Å². The molecule has 0 aliphatic heterocycles. The number of carbonyl (C=O) groups is 7. The van der Waals surface area contributed by atoms with Gasteiger partial charge in [0.1, 0.15) is 23.4 Å². The average Bonchev–Trinajstić information content (AvgIpc) is 3.36. The molecule has 318 valence electrons. The number of nitrogens with zero attached hydrogens (tertiary/aromatic N) is 1. The minimum Gasteiger partial charge on any atom is -0.459 e. The van der Waals surface area contributed by atoms with Gasteiger partial charge in [0, 0.05) is 70.3 Å². The molecule has 59 heavy (non-hydrogen) atoms. The number of hydrogen-bond donors (Lipinski definition) is 1. The van der Waals surface area contributed by atoms with Crippen molar-refractivity contribution in [3.05, 3.63) is 90.3 Å². The van der Waals surface area contributed by atoms with E-state index < -0.39 is 113 Å². The first-order valence-electron chi connectivity index (χ1n) is 18.9. The Kier molecular flexibility index (Phi) is 14.2. The summed E-state index contributed by atoms with van der Waals surface area (Å²) in [7, 11) is 0. The van der Waals surface area contributed by atoms with Crippen LogP contribution >= 0.6 is 0 Å². The second kappa shape index (κ2) is 18.4. The lowest BCUT2D eigenvalue weighted by Gasteiger charge is -2.46. The molecule has 1 fully saturated rings. The Morgan fingerprint density at radius 3 is 1.76 bits per heavy atom. The zero-order chi connectivity index (χ0) is 44.0. The molecular formula is C43H51NO15. The number of ether oxygens (including phenoxy) is 7. The van der Waals surface area contributed by atoms with Crippen molar-refractivity contribution >= 4 is 41.8 Å². The molecule has 16 nitrogen and oxygen atoms in total. The number of fused-ring (bicyclic) bond motifs is 1. The predicted octanol–water partition coefficient (Wildman–Crippen LogP) is 4.42. The SMILES string of the molecule is C=C1[C@H](OC(C)=O)[C@H]2[C@@H](OC(=O)c3ccccc3)[C@](C)(OC(C)=O)C[C@]2(O)[C@@H](OC(C)=O)[C@@H](C)/C=C/C(C)(C)C(OC(=O)c2cccnc2)[C@H](OC(C)=O)[C@H]1OC(C)=O. The van der Waals surface area contributed by atoms with Gasteiger partial charge in [-0.25, -0.2) is 9.59 Å². The molecule has 2 aliphatic rings. The Bertz CT molecular complexity index is 1960. The van der Waals surface area contributed by atoms with Gasteiger partial charge in [-0.05, 0) is 31.2 Å². The van der Waals surface area contributed by atoms with Gasteiger partial charge < -0.3 is 38.3 Å². The van der Waals surface area contributed by atoms with Gasteiger partial charge in [0.15, 0.2) is 24.4 Å². The molecule has 1 unspecified atom stereocenters. The number of benzene rings is 1. The van der Waals surface area contributed by atoms with Crippen molar-refractivity contribution in [3.8, 4) is 0 Å². The Labute approximate surface area is 342 Å². The standard InChI is InChI=1S/C43H51NO15/c1-23-18-19-41(8,9)38(58-40(51)31-17-14-20-44-21-31)35(55-27(5)47)34(54-26(4)46)24(2)33(53-25(3)45)32-37(57-39(50)30-15-12-11-13-16-30)42(10,59-29(7)49)22-43(32,52)36(23)56-28(6)48/h11-21,23,32-38,52H,2,22H2,1,3-10H3/b19-18+/t23-,32-,33-,34-,35+,36-,37+,38?,42+,43+/m0/s1. The first-order chi connectivity index (χ1) is 27.5. The van der Waals surface area contributed by atoms with E-state index >= 15 is 0 Å². The molecule has 1 aromatic heterocycles. The first kappa shape index (κ1) is 45.8. The highest BCUT2D eigenvalue weighted by atomic mass is 16.6. The number of esters is 7. The number of pyridine rings is 1. The van der Waals surface area contributed by atoms with Crippen molar-refractivity contribution in [1.29, 1.82) is 0 Å². The Hall–Kier alpha value is -5.90. The highest BCUT2D eigenvalue weighted by Gasteiger charge is 2.70. The van der Waals surface area contributed by atoms with E-state index in [4.69, 9.17) is 33.2 Å². The molecule has 0 amide bonds. The summed E-state index contributed by atoms with van der Waals surface area (Å²) in [6, 6.07) is 10.7. The molecule has 1 saturated carbocycles. The smallest absolute Gasteiger partial charge is 0.340 e. The first-order valence-corrected chi connectivity index (χ1v) is 18.9. The van der Waals surface area contributed by atoms with Gasteiger partial charge in [0.25, 0.3) is 0 Å². The van der Waals surface area contributed by atoms with Crippen molar-refractivity contribution in [2.45, 2.75) is 117 Å². The lowest BCUT2D eigenvalue weighted by atomic mass is 9.71. The van der Waals surface area contributed by atoms with Crippen LogP contribution in [-0.4, -0.2) is 99.7 Å². The van der Waals surface area contributed by atoms with Crippen LogP contribution in [0.5, 0.6) is 0 Å². The van der Waals surface area contributed by atoms with Crippen LogP contribution in [0.3, 0.4) is 0 Å². The number of aromatic nitrogens is 1. The van der Waals surface area contributed by atoms with E-state index in [1.165, 1.54) is 43.6 Å². The van der Waals surface area contributed by atoms with E-state index in [0.717, 1.165) is 34.6 Å². The minimum absolute atomic E-state index is 0.0211. The van der Waals surface area contributed by atoms with Gasteiger partial charge >= 0.3 is 41.8 Å². The highest BCUT2D eigenvalue weighted by molar-refractivity contribution is 5.90. The molecular weight excluding hydrogens is 770 g/mol. The van der Waals surface area contributed by atoms with Gasteiger partial charge in [-0.1, -0.05) is 57.7 Å². The normalized spacial score (nSPS) is 30.7. The molecule has 1 aromatic carbocycles. The maximum Gasteiger partial charge on any atom is 0.340 e. The van der Waals surface area contributed by atoms with Gasteiger partial charge in [0.2, 0.25) is 0 Å². The molecule has 1 N–H and O–H groups in total. The van der Waals surface area contributed by atoms with Gasteiger partial charge in [-0.2, -0.15) is 0 Å². The molecule has 0 saturated heterocycles. The number of hydrogen-bond acceptors (Lipinski definition) is 16. The van der Waals surface area contributed by atoms with Crippen molar-refractivity contribution < 1.29 is 71.8 Å². The van der Waals surface area contributed by atoms with Crippen LogP contribution in [0.2, 0.25) is 0 Å². The fourth-order valence-corrected chi connectivity index (χ4v) is 7.99. The van der Waals surface area contributed by atoms with Gasteiger partial charge in [-0.3, -0.25) is 29.0 Å².